The van der Waals surface area contributed by atoms with Crippen LogP contribution in [0.2, 0.25) is 0 Å². The minimum Gasteiger partial charge on any atom is -0.425 e. The number of rotatable bonds is 1. The van der Waals surface area contributed by atoms with Gasteiger partial charge in [0.15, 0.2) is 0 Å². The summed E-state index contributed by atoms with van der Waals surface area (Å²) < 4.78 is 5.46. The molecule has 0 aliphatic carbocycles. The molecule has 0 radical (unpaired) electrons. The molecule has 0 amide bonds. The van der Waals surface area contributed by atoms with E-state index in [0.29, 0.717) is 16.8 Å². The number of hydrogen-bond donors (Lipinski definition) is 1. The van der Waals surface area contributed by atoms with Crippen LogP contribution in [-0.4, -0.2) is 11.0 Å². The smallest absolute Gasteiger partial charge is 0.312 e. The van der Waals surface area contributed by atoms with E-state index in [1.807, 2.05) is 55.5 Å². The first kappa shape index (κ1) is 13.8. The number of benzene rings is 2. The van der Waals surface area contributed by atoms with Gasteiger partial charge in [0, 0.05) is 11.3 Å². The third-order valence-corrected chi connectivity index (χ3v) is 4.41. The quantitative estimate of drug-likeness (QED) is 0.702. The lowest BCUT2D eigenvalue weighted by Crippen LogP contribution is -2.28. The molecule has 23 heavy (non-hydrogen) atoms. The second-order valence-corrected chi connectivity index (χ2v) is 5.83. The molecule has 0 fully saturated rings. The Kier molecular flexibility index (Phi) is 3.05. The van der Waals surface area contributed by atoms with Crippen molar-refractivity contribution in [1.29, 1.82) is 0 Å². The van der Waals surface area contributed by atoms with Gasteiger partial charge in [-0.2, -0.15) is 0 Å². The summed E-state index contributed by atoms with van der Waals surface area (Å²) in [6, 6.07) is 15.2. The molecule has 0 saturated heterocycles. The molecule has 1 aromatic heterocycles. The summed E-state index contributed by atoms with van der Waals surface area (Å²) >= 11 is 0. The lowest BCUT2D eigenvalue weighted by atomic mass is 9.84. The molecule has 2 aromatic carbocycles. The minimum absolute atomic E-state index is 0.180. The molecule has 1 aliphatic rings. The monoisotopic (exact) mass is 305 g/mol. The van der Waals surface area contributed by atoms with E-state index in [1.54, 1.807) is 0 Å². The van der Waals surface area contributed by atoms with Crippen molar-refractivity contribution in [1.82, 2.24) is 4.98 Å². The zero-order chi connectivity index (χ0) is 16.0. The number of aromatic nitrogens is 1. The largest absolute Gasteiger partial charge is 0.425 e. The molecule has 4 rings (SSSR count). The molecule has 4 heteroatoms. The van der Waals surface area contributed by atoms with Crippen molar-refractivity contribution in [2.45, 2.75) is 19.3 Å². The van der Waals surface area contributed by atoms with Crippen LogP contribution in [0.4, 0.5) is 0 Å². The molecule has 114 valence electrons. The van der Waals surface area contributed by atoms with Crippen LogP contribution in [0.3, 0.4) is 0 Å². The van der Waals surface area contributed by atoms with E-state index in [9.17, 15) is 9.59 Å². The Balaban J connectivity index is 2.05. The van der Waals surface area contributed by atoms with Gasteiger partial charge in [-0.1, -0.05) is 36.4 Å². The molecule has 2 heterocycles. The predicted octanol–water partition coefficient (Wildman–Crippen LogP) is 3.28. The van der Waals surface area contributed by atoms with E-state index in [4.69, 9.17) is 4.74 Å². The van der Waals surface area contributed by atoms with Gasteiger partial charge in [-0.15, -0.1) is 0 Å². The molecule has 1 aliphatic heterocycles. The maximum absolute atomic E-state index is 12.6. The number of para-hydroxylation sites is 1. The molecule has 0 spiro atoms. The van der Waals surface area contributed by atoms with Crippen LogP contribution in [0.5, 0.6) is 5.75 Å². The number of ether oxygens (including phenoxy) is 1. The third-order valence-electron chi connectivity index (χ3n) is 4.41. The summed E-state index contributed by atoms with van der Waals surface area (Å²) in [5.74, 6) is -0.184. The second kappa shape index (κ2) is 5.09. The number of nitrogens with one attached hydrogen (secondary N) is 1. The predicted molar refractivity (Wildman–Crippen MR) is 87.8 cm³/mol. The number of hydrogen-bond acceptors (Lipinski definition) is 3. The molecule has 1 N–H and O–H groups in total. The van der Waals surface area contributed by atoms with Gasteiger partial charge in [0.1, 0.15) is 5.75 Å². The second-order valence-electron chi connectivity index (χ2n) is 5.83. The van der Waals surface area contributed by atoms with Crippen molar-refractivity contribution in [3.05, 3.63) is 75.6 Å². The van der Waals surface area contributed by atoms with Crippen LogP contribution in [0.1, 0.15) is 29.0 Å². The van der Waals surface area contributed by atoms with Crippen LogP contribution in [0.25, 0.3) is 10.9 Å². The Morgan fingerprint density at radius 3 is 2.61 bits per heavy atom. The lowest BCUT2D eigenvalue weighted by molar-refractivity contribution is -0.135. The molecule has 0 saturated carbocycles. The maximum Gasteiger partial charge on any atom is 0.312 e. The first-order chi connectivity index (χ1) is 11.1. The van der Waals surface area contributed by atoms with E-state index in [2.05, 4.69) is 4.98 Å². The topological polar surface area (TPSA) is 59.2 Å². The first-order valence-corrected chi connectivity index (χ1v) is 7.56. The number of aryl methyl sites for hydroxylation is 1. The Labute approximate surface area is 132 Å². The van der Waals surface area contributed by atoms with Crippen molar-refractivity contribution >= 4 is 16.9 Å². The van der Waals surface area contributed by atoms with Gasteiger partial charge in [-0.05, 0) is 30.2 Å². The van der Waals surface area contributed by atoms with Crippen molar-refractivity contribution < 1.29 is 9.53 Å². The lowest BCUT2D eigenvalue weighted by Gasteiger charge is -2.26. The highest BCUT2D eigenvalue weighted by molar-refractivity contribution is 5.91. The zero-order valence-corrected chi connectivity index (χ0v) is 12.6. The number of aromatic amines is 1. The average molecular weight is 305 g/mol. The van der Waals surface area contributed by atoms with Gasteiger partial charge in [0.05, 0.1) is 17.5 Å². The van der Waals surface area contributed by atoms with E-state index in [-0.39, 0.29) is 23.9 Å². The molecular formula is C19H15NO3. The summed E-state index contributed by atoms with van der Waals surface area (Å²) in [5.41, 5.74) is 3.07. The van der Waals surface area contributed by atoms with Crippen LogP contribution in [0.15, 0.2) is 53.3 Å². The van der Waals surface area contributed by atoms with E-state index >= 15 is 0 Å². The molecule has 4 nitrogen and oxygen atoms in total. The van der Waals surface area contributed by atoms with Gasteiger partial charge in [-0.3, -0.25) is 9.59 Å². The fraction of sp³-hybridized carbons (Fsp3) is 0.158. The SMILES string of the molecule is Cc1ccccc1[C@@H]1CC(=O)Oc2c1c(=O)[nH]c1ccccc21. The van der Waals surface area contributed by atoms with Gasteiger partial charge >= 0.3 is 5.97 Å². The van der Waals surface area contributed by atoms with Gasteiger partial charge < -0.3 is 9.72 Å². The number of carbonyl (C=O) groups is 1. The highest BCUT2D eigenvalue weighted by atomic mass is 16.5. The normalized spacial score (nSPS) is 16.9. The summed E-state index contributed by atoms with van der Waals surface area (Å²) in [6.07, 6.45) is 0.180. The van der Waals surface area contributed by atoms with Crippen LogP contribution in [-0.2, 0) is 4.79 Å². The summed E-state index contributed by atoms with van der Waals surface area (Å²) in [5, 5.41) is 0.758. The Morgan fingerprint density at radius 1 is 1.04 bits per heavy atom. The Morgan fingerprint density at radius 2 is 1.78 bits per heavy atom. The summed E-state index contributed by atoms with van der Waals surface area (Å²) in [4.78, 5) is 27.7. The van der Waals surface area contributed by atoms with Gasteiger partial charge in [0.2, 0.25) is 0 Å². The fourth-order valence-corrected chi connectivity index (χ4v) is 3.32. The van der Waals surface area contributed by atoms with Crippen LogP contribution in [0, 0.1) is 6.92 Å². The molecular weight excluding hydrogens is 290 g/mol. The minimum atomic E-state index is -0.304. The van der Waals surface area contributed by atoms with Crippen molar-refractivity contribution in [3.8, 4) is 5.75 Å². The van der Waals surface area contributed by atoms with Crippen LogP contribution < -0.4 is 10.3 Å². The van der Waals surface area contributed by atoms with E-state index in [0.717, 1.165) is 16.5 Å². The Hall–Kier alpha value is -2.88. The standard InChI is InChI=1S/C19H15NO3/c1-11-6-2-3-7-12(11)14-10-16(21)23-18-13-8-4-5-9-15(13)20-19(22)17(14)18/h2-9,14H,10H2,1H3,(H,20,22)/t14-/m0/s1. The maximum atomic E-state index is 12.6. The average Bonchev–Trinajstić information content (AvgIpc) is 2.54. The third kappa shape index (κ3) is 2.14. The molecule has 0 unspecified atom stereocenters. The van der Waals surface area contributed by atoms with Gasteiger partial charge in [-0.25, -0.2) is 0 Å². The van der Waals surface area contributed by atoms with E-state index < -0.39 is 0 Å². The number of H-pyrrole nitrogens is 1. The Bertz CT molecular complexity index is 987. The van der Waals surface area contributed by atoms with Crippen molar-refractivity contribution in [3.63, 3.8) is 0 Å². The van der Waals surface area contributed by atoms with Gasteiger partial charge in [0.25, 0.3) is 5.56 Å². The summed E-state index contributed by atoms with van der Waals surface area (Å²) in [7, 11) is 0. The highest BCUT2D eigenvalue weighted by Crippen LogP contribution is 2.40. The number of carbonyl (C=O) groups excluding carboxylic acids is 1. The highest BCUT2D eigenvalue weighted by Gasteiger charge is 2.33. The van der Waals surface area contributed by atoms with E-state index in [1.165, 1.54) is 0 Å². The number of fused-ring (bicyclic) bond motifs is 3. The van der Waals surface area contributed by atoms with Crippen molar-refractivity contribution in [2.24, 2.45) is 0 Å². The summed E-state index contributed by atoms with van der Waals surface area (Å²) in [6.45, 7) is 1.99. The van der Waals surface area contributed by atoms with Crippen LogP contribution >= 0.6 is 0 Å². The number of esters is 1. The molecule has 3 aromatic rings. The fourth-order valence-electron chi connectivity index (χ4n) is 3.32. The molecule has 0 bridgehead atoms. The zero-order valence-electron chi connectivity index (χ0n) is 12.6. The molecule has 1 atom stereocenters. The first-order valence-electron chi connectivity index (χ1n) is 7.56. The number of pyridine rings is 1. The van der Waals surface area contributed by atoms with Crippen molar-refractivity contribution in [2.75, 3.05) is 0 Å².